The monoisotopic (exact) mass is 256 g/mol. The molecule has 2 nitrogen and oxygen atoms in total. The minimum absolute atomic E-state index is 0.0406. The number of aliphatic hydroxyl groups is 1. The SMILES string of the molecule is C=C(O)c1cc(OCCC)ccc1Br. The van der Waals surface area contributed by atoms with E-state index in [1.54, 1.807) is 6.07 Å². The molecule has 14 heavy (non-hydrogen) atoms. The number of hydrogen-bond acceptors (Lipinski definition) is 2. The van der Waals surface area contributed by atoms with E-state index in [2.05, 4.69) is 22.5 Å². The number of rotatable bonds is 4. The van der Waals surface area contributed by atoms with Crippen LogP contribution in [0, 0.1) is 0 Å². The van der Waals surface area contributed by atoms with Gasteiger partial charge in [-0.25, -0.2) is 0 Å². The van der Waals surface area contributed by atoms with E-state index < -0.39 is 0 Å². The Labute approximate surface area is 92.3 Å². The first-order valence-electron chi connectivity index (χ1n) is 4.45. The molecular formula is C11H13BrO2. The molecule has 3 heteroatoms. The van der Waals surface area contributed by atoms with Gasteiger partial charge >= 0.3 is 0 Å². The summed E-state index contributed by atoms with van der Waals surface area (Å²) in [5, 5.41) is 9.27. The molecule has 0 aliphatic carbocycles. The highest BCUT2D eigenvalue weighted by atomic mass is 79.9. The smallest absolute Gasteiger partial charge is 0.120 e. The molecule has 1 rings (SSSR count). The summed E-state index contributed by atoms with van der Waals surface area (Å²) in [6.07, 6.45) is 0.964. The van der Waals surface area contributed by atoms with Gasteiger partial charge in [0.05, 0.1) is 6.61 Å². The highest BCUT2D eigenvalue weighted by Crippen LogP contribution is 2.26. The summed E-state index contributed by atoms with van der Waals surface area (Å²) >= 11 is 3.32. The molecule has 1 N–H and O–H groups in total. The summed E-state index contributed by atoms with van der Waals surface area (Å²) in [4.78, 5) is 0. The number of benzene rings is 1. The second-order valence-electron chi connectivity index (χ2n) is 2.94. The van der Waals surface area contributed by atoms with E-state index in [0.717, 1.165) is 16.6 Å². The van der Waals surface area contributed by atoms with Crippen molar-refractivity contribution in [1.29, 1.82) is 0 Å². The van der Waals surface area contributed by atoms with Crippen LogP contribution in [0.4, 0.5) is 0 Å². The summed E-state index contributed by atoms with van der Waals surface area (Å²) in [5.41, 5.74) is 0.665. The highest BCUT2D eigenvalue weighted by Gasteiger charge is 2.04. The molecule has 0 aliphatic heterocycles. The third-order valence-corrected chi connectivity index (χ3v) is 2.41. The van der Waals surface area contributed by atoms with Gasteiger partial charge in [-0.15, -0.1) is 0 Å². The minimum Gasteiger partial charge on any atom is -0.508 e. The Morgan fingerprint density at radius 1 is 1.57 bits per heavy atom. The lowest BCUT2D eigenvalue weighted by molar-refractivity contribution is 0.317. The van der Waals surface area contributed by atoms with Gasteiger partial charge in [-0.3, -0.25) is 0 Å². The normalized spacial score (nSPS) is 9.86. The molecule has 76 valence electrons. The van der Waals surface area contributed by atoms with Crippen LogP contribution in [0.1, 0.15) is 18.9 Å². The second kappa shape index (κ2) is 5.05. The summed E-state index contributed by atoms with van der Waals surface area (Å²) in [7, 11) is 0. The number of hydrogen-bond donors (Lipinski definition) is 1. The zero-order valence-corrected chi connectivity index (χ0v) is 9.67. The van der Waals surface area contributed by atoms with Crippen LogP contribution in [-0.2, 0) is 0 Å². The lowest BCUT2D eigenvalue weighted by Crippen LogP contribution is -1.95. The quantitative estimate of drug-likeness (QED) is 0.832. The van der Waals surface area contributed by atoms with Gasteiger partial charge in [0.2, 0.25) is 0 Å². The fraction of sp³-hybridized carbons (Fsp3) is 0.273. The van der Waals surface area contributed by atoms with E-state index in [1.165, 1.54) is 0 Å². The Morgan fingerprint density at radius 3 is 2.86 bits per heavy atom. The lowest BCUT2D eigenvalue weighted by Gasteiger charge is -2.07. The van der Waals surface area contributed by atoms with Gasteiger partial charge in [-0.1, -0.05) is 29.4 Å². The molecule has 1 aromatic rings. The topological polar surface area (TPSA) is 29.5 Å². The van der Waals surface area contributed by atoms with Crippen LogP contribution >= 0.6 is 15.9 Å². The van der Waals surface area contributed by atoms with Gasteiger partial charge in [0.15, 0.2) is 0 Å². The van der Waals surface area contributed by atoms with Gasteiger partial charge in [-0.2, -0.15) is 0 Å². The molecule has 0 unspecified atom stereocenters. The van der Waals surface area contributed by atoms with Crippen molar-refractivity contribution in [3.05, 3.63) is 34.8 Å². The average molecular weight is 257 g/mol. The van der Waals surface area contributed by atoms with Crippen molar-refractivity contribution in [1.82, 2.24) is 0 Å². The fourth-order valence-electron chi connectivity index (χ4n) is 1.04. The maximum Gasteiger partial charge on any atom is 0.120 e. The van der Waals surface area contributed by atoms with Gasteiger partial charge in [0.25, 0.3) is 0 Å². The maximum atomic E-state index is 9.27. The molecule has 0 aliphatic rings. The van der Waals surface area contributed by atoms with Crippen LogP contribution < -0.4 is 4.74 Å². The van der Waals surface area contributed by atoms with Gasteiger partial charge in [-0.05, 0) is 24.6 Å². The van der Waals surface area contributed by atoms with Crippen LogP contribution in [0.2, 0.25) is 0 Å². The maximum absolute atomic E-state index is 9.27. The number of ether oxygens (including phenoxy) is 1. The van der Waals surface area contributed by atoms with Crippen molar-refractivity contribution in [3.63, 3.8) is 0 Å². The number of halogens is 1. The highest BCUT2D eigenvalue weighted by molar-refractivity contribution is 9.10. The van der Waals surface area contributed by atoms with Crippen molar-refractivity contribution in [2.24, 2.45) is 0 Å². The van der Waals surface area contributed by atoms with E-state index in [4.69, 9.17) is 4.74 Å². The molecule has 0 radical (unpaired) electrons. The molecule has 0 amide bonds. The third kappa shape index (κ3) is 2.77. The van der Waals surface area contributed by atoms with E-state index >= 15 is 0 Å². The molecule has 0 fully saturated rings. The van der Waals surface area contributed by atoms with Crippen LogP contribution in [0.15, 0.2) is 29.3 Å². The van der Waals surface area contributed by atoms with Crippen LogP contribution in [0.3, 0.4) is 0 Å². The Hall–Kier alpha value is -0.960. The molecule has 0 saturated carbocycles. The molecule has 0 aromatic heterocycles. The summed E-state index contributed by atoms with van der Waals surface area (Å²) in [6.45, 7) is 6.20. The Bertz CT molecular complexity index is 334. The summed E-state index contributed by atoms with van der Waals surface area (Å²) < 4.78 is 6.24. The van der Waals surface area contributed by atoms with Gasteiger partial charge < -0.3 is 9.84 Å². The summed E-state index contributed by atoms with van der Waals surface area (Å²) in [6, 6.07) is 5.45. The average Bonchev–Trinajstić information content (AvgIpc) is 2.16. The Morgan fingerprint density at radius 2 is 2.29 bits per heavy atom. The van der Waals surface area contributed by atoms with Crippen molar-refractivity contribution in [2.45, 2.75) is 13.3 Å². The Kier molecular flexibility index (Phi) is 4.01. The molecule has 0 atom stereocenters. The van der Waals surface area contributed by atoms with Crippen LogP contribution in [-0.4, -0.2) is 11.7 Å². The molecule has 0 bridgehead atoms. The third-order valence-electron chi connectivity index (χ3n) is 1.72. The zero-order valence-electron chi connectivity index (χ0n) is 8.09. The van der Waals surface area contributed by atoms with Gasteiger partial charge in [0, 0.05) is 10.0 Å². The predicted molar refractivity (Wildman–Crippen MR) is 61.6 cm³/mol. The van der Waals surface area contributed by atoms with E-state index in [9.17, 15) is 5.11 Å². The minimum atomic E-state index is 0.0406. The van der Waals surface area contributed by atoms with Crippen LogP contribution in [0.5, 0.6) is 5.75 Å². The molecule has 0 heterocycles. The Balaban J connectivity index is 2.89. The fourth-order valence-corrected chi connectivity index (χ4v) is 1.51. The van der Waals surface area contributed by atoms with Crippen molar-refractivity contribution >= 4 is 21.7 Å². The lowest BCUT2D eigenvalue weighted by atomic mass is 10.2. The standard InChI is InChI=1S/C11H13BrO2/c1-3-6-14-9-4-5-11(12)10(7-9)8(2)13/h4-5,7,13H,2-3,6H2,1H3. The van der Waals surface area contributed by atoms with Crippen molar-refractivity contribution < 1.29 is 9.84 Å². The van der Waals surface area contributed by atoms with E-state index in [0.29, 0.717) is 12.2 Å². The van der Waals surface area contributed by atoms with Crippen molar-refractivity contribution in [2.75, 3.05) is 6.61 Å². The molecule has 1 aromatic carbocycles. The summed E-state index contributed by atoms with van der Waals surface area (Å²) in [5.74, 6) is 0.791. The molecule has 0 saturated heterocycles. The first-order chi connectivity index (χ1) is 6.65. The second-order valence-corrected chi connectivity index (χ2v) is 3.79. The van der Waals surface area contributed by atoms with Crippen molar-refractivity contribution in [3.8, 4) is 5.75 Å². The van der Waals surface area contributed by atoms with E-state index in [1.807, 2.05) is 19.1 Å². The first kappa shape index (κ1) is 11.1. The largest absolute Gasteiger partial charge is 0.508 e. The van der Waals surface area contributed by atoms with E-state index in [-0.39, 0.29) is 5.76 Å². The van der Waals surface area contributed by atoms with Gasteiger partial charge in [0.1, 0.15) is 11.5 Å². The predicted octanol–water partition coefficient (Wildman–Crippen LogP) is 3.77. The zero-order chi connectivity index (χ0) is 10.6. The first-order valence-corrected chi connectivity index (χ1v) is 5.25. The van der Waals surface area contributed by atoms with Crippen LogP contribution in [0.25, 0.3) is 5.76 Å². The number of aliphatic hydroxyl groups excluding tert-OH is 1. The molecular weight excluding hydrogens is 244 g/mol. The molecule has 0 spiro atoms.